The molecule has 0 radical (unpaired) electrons. The van der Waals surface area contributed by atoms with Gasteiger partial charge in [0.1, 0.15) is 18.7 Å². The Balaban J connectivity index is 1.92. The molecule has 1 aromatic rings. The molecule has 2 N–H and O–H groups in total. The zero-order valence-corrected chi connectivity index (χ0v) is 15.1. The van der Waals surface area contributed by atoms with Crippen LogP contribution in [0.3, 0.4) is 0 Å². The number of ether oxygens (including phenoxy) is 1. The van der Waals surface area contributed by atoms with Crippen molar-refractivity contribution in [2.75, 3.05) is 6.61 Å². The van der Waals surface area contributed by atoms with E-state index in [1.807, 2.05) is 30.3 Å². The first-order chi connectivity index (χ1) is 13.4. The summed E-state index contributed by atoms with van der Waals surface area (Å²) in [5.41, 5.74) is 0.791. The van der Waals surface area contributed by atoms with Crippen LogP contribution in [-0.4, -0.2) is 68.7 Å². The summed E-state index contributed by atoms with van der Waals surface area (Å²) in [5, 5.41) is 18.4. The first kappa shape index (κ1) is 19.4. The summed E-state index contributed by atoms with van der Waals surface area (Å²) in [6.07, 6.45) is 1.84. The minimum Gasteiger partial charge on any atom is -0.481 e. The Labute approximate surface area is 160 Å². The average Bonchev–Trinajstić information content (AvgIpc) is 3.02. The van der Waals surface area contributed by atoms with E-state index < -0.39 is 54.5 Å². The molecule has 0 spiro atoms. The fourth-order valence-electron chi connectivity index (χ4n) is 3.70. The number of cyclic esters (lactones) is 1. The Morgan fingerprint density at radius 3 is 2.50 bits per heavy atom. The number of carboxylic acid groups (broad SMARTS) is 2. The van der Waals surface area contributed by atoms with Crippen LogP contribution in [0.4, 0.5) is 4.79 Å². The van der Waals surface area contributed by atoms with E-state index in [1.54, 1.807) is 19.1 Å². The fraction of sp³-hybridized carbons (Fsp3) is 0.368. The molecular weight excluding hydrogens is 368 g/mol. The van der Waals surface area contributed by atoms with E-state index in [1.165, 1.54) is 4.90 Å². The lowest BCUT2D eigenvalue weighted by atomic mass is 9.88. The van der Waals surface area contributed by atoms with Gasteiger partial charge in [0.2, 0.25) is 5.91 Å². The van der Waals surface area contributed by atoms with Crippen molar-refractivity contribution >= 4 is 23.9 Å². The van der Waals surface area contributed by atoms with Crippen molar-refractivity contribution < 1.29 is 34.1 Å². The molecule has 0 bridgehead atoms. The van der Waals surface area contributed by atoms with Crippen LogP contribution < -0.4 is 0 Å². The van der Waals surface area contributed by atoms with Crippen LogP contribution in [0.2, 0.25) is 0 Å². The molecule has 0 saturated carbocycles. The summed E-state index contributed by atoms with van der Waals surface area (Å²) < 4.78 is 5.15. The van der Waals surface area contributed by atoms with Gasteiger partial charge in [-0.3, -0.25) is 14.5 Å². The third-order valence-electron chi connectivity index (χ3n) is 4.93. The molecule has 28 heavy (non-hydrogen) atoms. The second-order valence-corrected chi connectivity index (χ2v) is 6.57. The summed E-state index contributed by atoms with van der Waals surface area (Å²) in [4.78, 5) is 50.2. The van der Waals surface area contributed by atoms with Crippen molar-refractivity contribution in [3.05, 3.63) is 48.0 Å². The predicted octanol–water partition coefficient (Wildman–Crippen LogP) is 1.26. The summed E-state index contributed by atoms with van der Waals surface area (Å²) in [5.74, 6) is -3.35. The van der Waals surface area contributed by atoms with Gasteiger partial charge in [0.25, 0.3) is 0 Å². The zero-order valence-electron chi connectivity index (χ0n) is 15.1. The third kappa shape index (κ3) is 3.30. The van der Waals surface area contributed by atoms with E-state index in [2.05, 4.69) is 0 Å². The molecule has 0 aromatic heterocycles. The topological polar surface area (TPSA) is 124 Å². The number of hydrogen-bond acceptors (Lipinski definition) is 5. The molecule has 3 rings (SSSR count). The quantitative estimate of drug-likeness (QED) is 0.532. The third-order valence-corrected chi connectivity index (χ3v) is 4.93. The van der Waals surface area contributed by atoms with Crippen LogP contribution in [-0.2, 0) is 19.1 Å². The number of hydrogen-bond donors (Lipinski definition) is 2. The van der Waals surface area contributed by atoms with Crippen molar-refractivity contribution in [2.45, 2.75) is 37.5 Å². The molecule has 2 heterocycles. The van der Waals surface area contributed by atoms with Crippen LogP contribution >= 0.6 is 0 Å². The molecule has 9 heteroatoms. The van der Waals surface area contributed by atoms with E-state index in [0.29, 0.717) is 0 Å². The Morgan fingerprint density at radius 1 is 1.25 bits per heavy atom. The number of nitrogens with zero attached hydrogens (tertiary/aromatic N) is 2. The number of β-lactam (4-membered cyclic amide) rings is 1. The van der Waals surface area contributed by atoms with Crippen LogP contribution in [0, 0.1) is 0 Å². The summed E-state index contributed by atoms with van der Waals surface area (Å²) in [6, 6.07) is 5.36. The Morgan fingerprint density at radius 2 is 1.93 bits per heavy atom. The van der Waals surface area contributed by atoms with Gasteiger partial charge in [0, 0.05) is 0 Å². The SMILES string of the molecule is CC=C[C@@H]1[C@H](N2C(=O)OC[C@@H]2c2ccccc2)C(=O)N1[C@H](CC(=O)O)C(=O)O. The summed E-state index contributed by atoms with van der Waals surface area (Å²) in [7, 11) is 0. The number of carbonyl (C=O) groups excluding carboxylic acids is 2. The number of carboxylic acids is 2. The molecule has 2 aliphatic rings. The Hall–Kier alpha value is -3.36. The van der Waals surface area contributed by atoms with Crippen LogP contribution in [0.25, 0.3) is 0 Å². The minimum atomic E-state index is -1.52. The summed E-state index contributed by atoms with van der Waals surface area (Å²) in [6.45, 7) is 1.77. The number of likely N-dealkylation sites (tertiary alicyclic amines) is 1. The van der Waals surface area contributed by atoms with Crippen molar-refractivity contribution in [2.24, 2.45) is 0 Å². The van der Waals surface area contributed by atoms with Gasteiger partial charge in [0.05, 0.1) is 18.5 Å². The number of benzene rings is 1. The number of allylic oxidation sites excluding steroid dienone is 1. The second kappa shape index (κ2) is 7.71. The molecule has 148 valence electrons. The van der Waals surface area contributed by atoms with Crippen LogP contribution in [0.5, 0.6) is 0 Å². The van der Waals surface area contributed by atoms with E-state index in [4.69, 9.17) is 9.84 Å². The lowest BCUT2D eigenvalue weighted by Gasteiger charge is -2.51. The highest BCUT2D eigenvalue weighted by Gasteiger charge is 2.58. The molecule has 4 atom stereocenters. The molecule has 2 saturated heterocycles. The van der Waals surface area contributed by atoms with Crippen molar-refractivity contribution in [3.8, 4) is 0 Å². The first-order valence-electron chi connectivity index (χ1n) is 8.76. The van der Waals surface area contributed by atoms with E-state index in [0.717, 1.165) is 10.5 Å². The van der Waals surface area contributed by atoms with E-state index in [9.17, 15) is 24.3 Å². The molecular formula is C19H20N2O7. The molecule has 2 amide bonds. The highest BCUT2D eigenvalue weighted by atomic mass is 16.6. The largest absolute Gasteiger partial charge is 0.481 e. The molecule has 9 nitrogen and oxygen atoms in total. The predicted molar refractivity (Wildman–Crippen MR) is 95.3 cm³/mol. The molecule has 0 aliphatic carbocycles. The molecule has 1 aromatic carbocycles. The standard InChI is InChI=1S/C19H20N2O7/c1-2-6-12-16(17(24)20(12)13(18(25)26)9-15(22)23)21-14(10-28-19(21)27)11-7-4-3-5-8-11/h2-8,12-14,16H,9-10H2,1H3,(H,22,23)(H,25,26)/t12-,13-,14-,16+/m1/s1. The lowest BCUT2D eigenvalue weighted by molar-refractivity contribution is -0.170. The van der Waals surface area contributed by atoms with Crippen molar-refractivity contribution in [3.63, 3.8) is 0 Å². The number of amides is 2. The van der Waals surface area contributed by atoms with Gasteiger partial charge in [0.15, 0.2) is 0 Å². The highest BCUT2D eigenvalue weighted by Crippen LogP contribution is 2.38. The monoisotopic (exact) mass is 388 g/mol. The maximum atomic E-state index is 12.9. The van der Waals surface area contributed by atoms with Gasteiger partial charge in [-0.1, -0.05) is 42.5 Å². The normalized spacial score (nSPS) is 25.5. The second-order valence-electron chi connectivity index (χ2n) is 6.57. The van der Waals surface area contributed by atoms with Gasteiger partial charge in [-0.15, -0.1) is 0 Å². The number of rotatable bonds is 7. The lowest BCUT2D eigenvalue weighted by Crippen LogP contribution is -2.73. The maximum absolute atomic E-state index is 12.9. The van der Waals surface area contributed by atoms with Gasteiger partial charge in [-0.05, 0) is 12.5 Å². The van der Waals surface area contributed by atoms with E-state index in [-0.39, 0.29) is 6.61 Å². The van der Waals surface area contributed by atoms with Crippen LogP contribution in [0.15, 0.2) is 42.5 Å². The first-order valence-corrected chi connectivity index (χ1v) is 8.76. The average molecular weight is 388 g/mol. The van der Waals surface area contributed by atoms with Gasteiger partial charge >= 0.3 is 18.0 Å². The smallest absolute Gasteiger partial charge is 0.411 e. The van der Waals surface area contributed by atoms with Gasteiger partial charge in [-0.25, -0.2) is 9.59 Å². The van der Waals surface area contributed by atoms with Crippen molar-refractivity contribution in [1.82, 2.24) is 9.80 Å². The highest BCUT2D eigenvalue weighted by molar-refractivity contribution is 5.97. The van der Waals surface area contributed by atoms with Gasteiger partial charge < -0.3 is 19.8 Å². The Bertz CT molecular complexity index is 823. The zero-order chi connectivity index (χ0) is 20.4. The number of carbonyl (C=O) groups is 4. The van der Waals surface area contributed by atoms with Gasteiger partial charge in [-0.2, -0.15) is 0 Å². The fourth-order valence-corrected chi connectivity index (χ4v) is 3.70. The van der Waals surface area contributed by atoms with Crippen molar-refractivity contribution in [1.29, 1.82) is 0 Å². The molecule has 2 fully saturated rings. The molecule has 0 unspecified atom stereocenters. The minimum absolute atomic E-state index is 0.0761. The molecule has 2 aliphatic heterocycles. The van der Waals surface area contributed by atoms with Crippen LogP contribution in [0.1, 0.15) is 24.9 Å². The Kier molecular flexibility index (Phi) is 5.34. The van der Waals surface area contributed by atoms with E-state index >= 15 is 0 Å². The number of aliphatic carboxylic acids is 2. The maximum Gasteiger partial charge on any atom is 0.411 e. The summed E-state index contributed by atoms with van der Waals surface area (Å²) >= 11 is 0.